The van der Waals surface area contributed by atoms with Crippen molar-refractivity contribution in [2.45, 2.75) is 32.6 Å². The first-order valence-electron chi connectivity index (χ1n) is 6.65. The van der Waals surface area contributed by atoms with Gasteiger partial charge in [-0.05, 0) is 55.8 Å². The second kappa shape index (κ2) is 5.50. The Morgan fingerprint density at radius 1 is 1.41 bits per heavy atom. The van der Waals surface area contributed by atoms with E-state index in [9.17, 15) is 0 Å². The lowest BCUT2D eigenvalue weighted by Gasteiger charge is -2.30. The summed E-state index contributed by atoms with van der Waals surface area (Å²) in [6.45, 7) is 10.9. The topological polar surface area (TPSA) is 12.0 Å². The number of hydrogen-bond acceptors (Lipinski definition) is 1. The Hall–Kier alpha value is -1.08. The van der Waals surface area contributed by atoms with E-state index in [1.807, 2.05) is 0 Å². The molecule has 2 atom stereocenters. The molecule has 0 saturated carbocycles. The first kappa shape index (κ1) is 12.4. The van der Waals surface area contributed by atoms with Gasteiger partial charge < -0.3 is 5.32 Å². The zero-order chi connectivity index (χ0) is 12.3. The summed E-state index contributed by atoms with van der Waals surface area (Å²) in [5, 5.41) is 3.51. The quantitative estimate of drug-likeness (QED) is 0.830. The van der Waals surface area contributed by atoms with Crippen LogP contribution in [0.3, 0.4) is 0 Å². The standard InChI is InChI=1S/C16H23N/c1-12(2)15-8-4-5-9-16(15)13(3)14-7-6-10-17-11-14/h4-5,8-9,13-14,17H,1,6-7,10-11H2,2-3H3. The van der Waals surface area contributed by atoms with Crippen LogP contribution in [0.2, 0.25) is 0 Å². The SMILES string of the molecule is C=C(C)c1ccccc1C(C)C1CCCNC1. The summed E-state index contributed by atoms with van der Waals surface area (Å²) in [5.41, 5.74) is 3.98. The van der Waals surface area contributed by atoms with Crippen LogP contribution < -0.4 is 5.32 Å². The molecule has 1 aliphatic rings. The number of benzene rings is 1. The van der Waals surface area contributed by atoms with Crippen LogP contribution >= 0.6 is 0 Å². The first-order chi connectivity index (χ1) is 8.20. The fourth-order valence-electron chi connectivity index (χ4n) is 2.84. The lowest BCUT2D eigenvalue weighted by Crippen LogP contribution is -2.32. The number of allylic oxidation sites excluding steroid dienone is 1. The Bertz CT molecular complexity index is 388. The van der Waals surface area contributed by atoms with Gasteiger partial charge in [-0.25, -0.2) is 0 Å². The molecular weight excluding hydrogens is 206 g/mol. The van der Waals surface area contributed by atoms with E-state index < -0.39 is 0 Å². The van der Waals surface area contributed by atoms with Crippen LogP contribution in [0.25, 0.3) is 5.57 Å². The molecule has 92 valence electrons. The minimum Gasteiger partial charge on any atom is -0.316 e. The molecule has 1 aromatic carbocycles. The number of piperidine rings is 1. The average Bonchev–Trinajstić information content (AvgIpc) is 2.39. The van der Waals surface area contributed by atoms with E-state index in [2.05, 4.69) is 50.0 Å². The lowest BCUT2D eigenvalue weighted by molar-refractivity contribution is 0.334. The van der Waals surface area contributed by atoms with Crippen molar-refractivity contribution in [3.8, 4) is 0 Å². The predicted octanol–water partition coefficient (Wildman–Crippen LogP) is 3.82. The van der Waals surface area contributed by atoms with Gasteiger partial charge in [-0.15, -0.1) is 0 Å². The third kappa shape index (κ3) is 2.78. The summed E-state index contributed by atoms with van der Waals surface area (Å²) in [6, 6.07) is 8.72. The van der Waals surface area contributed by atoms with Crippen LogP contribution in [-0.2, 0) is 0 Å². The van der Waals surface area contributed by atoms with Gasteiger partial charge in [0.05, 0.1) is 0 Å². The third-order valence-corrected chi connectivity index (χ3v) is 3.95. The fraction of sp³-hybridized carbons (Fsp3) is 0.500. The molecule has 0 aromatic heterocycles. The summed E-state index contributed by atoms with van der Waals surface area (Å²) in [4.78, 5) is 0. The van der Waals surface area contributed by atoms with Crippen molar-refractivity contribution in [3.05, 3.63) is 42.0 Å². The third-order valence-electron chi connectivity index (χ3n) is 3.95. The Labute approximate surface area is 105 Å². The van der Waals surface area contributed by atoms with Crippen LogP contribution in [0.5, 0.6) is 0 Å². The molecule has 0 amide bonds. The monoisotopic (exact) mass is 229 g/mol. The van der Waals surface area contributed by atoms with Crippen molar-refractivity contribution in [3.63, 3.8) is 0 Å². The van der Waals surface area contributed by atoms with Crippen LogP contribution in [-0.4, -0.2) is 13.1 Å². The van der Waals surface area contributed by atoms with E-state index in [1.54, 1.807) is 0 Å². The van der Waals surface area contributed by atoms with Gasteiger partial charge in [0.25, 0.3) is 0 Å². The Morgan fingerprint density at radius 3 is 2.82 bits per heavy atom. The molecule has 0 spiro atoms. The van der Waals surface area contributed by atoms with E-state index in [0.29, 0.717) is 5.92 Å². The highest BCUT2D eigenvalue weighted by Gasteiger charge is 2.22. The number of hydrogen-bond donors (Lipinski definition) is 1. The van der Waals surface area contributed by atoms with E-state index >= 15 is 0 Å². The van der Waals surface area contributed by atoms with E-state index in [1.165, 1.54) is 36.1 Å². The highest BCUT2D eigenvalue weighted by Crippen LogP contribution is 2.33. The Balaban J connectivity index is 2.23. The van der Waals surface area contributed by atoms with Gasteiger partial charge in [0.2, 0.25) is 0 Å². The maximum Gasteiger partial charge on any atom is -0.00148 e. The molecular formula is C16H23N. The molecule has 1 fully saturated rings. The molecule has 1 saturated heterocycles. The molecule has 1 heteroatoms. The van der Waals surface area contributed by atoms with Gasteiger partial charge in [-0.1, -0.05) is 43.3 Å². The van der Waals surface area contributed by atoms with Gasteiger partial charge >= 0.3 is 0 Å². The van der Waals surface area contributed by atoms with Crippen LogP contribution in [0, 0.1) is 5.92 Å². The normalized spacial score (nSPS) is 22.1. The second-order valence-corrected chi connectivity index (χ2v) is 5.26. The number of rotatable bonds is 3. The molecule has 17 heavy (non-hydrogen) atoms. The molecule has 0 bridgehead atoms. The maximum atomic E-state index is 4.10. The molecule has 0 aliphatic carbocycles. The molecule has 1 heterocycles. The van der Waals surface area contributed by atoms with Gasteiger partial charge in [0.1, 0.15) is 0 Å². The van der Waals surface area contributed by atoms with Crippen LogP contribution in [0.15, 0.2) is 30.8 Å². The number of nitrogens with one attached hydrogen (secondary N) is 1. The lowest BCUT2D eigenvalue weighted by atomic mass is 9.80. The van der Waals surface area contributed by atoms with E-state index in [0.717, 1.165) is 12.5 Å². The molecule has 1 aliphatic heterocycles. The average molecular weight is 229 g/mol. The summed E-state index contributed by atoms with van der Waals surface area (Å²) >= 11 is 0. The van der Waals surface area contributed by atoms with Crippen molar-refractivity contribution >= 4 is 5.57 Å². The smallest absolute Gasteiger partial charge is 0.00148 e. The van der Waals surface area contributed by atoms with Gasteiger partial charge in [0.15, 0.2) is 0 Å². The maximum absolute atomic E-state index is 4.10. The van der Waals surface area contributed by atoms with Gasteiger partial charge in [-0.2, -0.15) is 0 Å². The van der Waals surface area contributed by atoms with Gasteiger partial charge in [-0.3, -0.25) is 0 Å². The van der Waals surface area contributed by atoms with Crippen molar-refractivity contribution < 1.29 is 0 Å². The van der Waals surface area contributed by atoms with Crippen LogP contribution in [0.1, 0.15) is 43.7 Å². The van der Waals surface area contributed by atoms with Crippen molar-refractivity contribution in [2.75, 3.05) is 13.1 Å². The Morgan fingerprint density at radius 2 is 2.18 bits per heavy atom. The fourth-order valence-corrected chi connectivity index (χ4v) is 2.84. The van der Waals surface area contributed by atoms with Crippen molar-refractivity contribution in [2.24, 2.45) is 5.92 Å². The summed E-state index contributed by atoms with van der Waals surface area (Å²) in [6.07, 6.45) is 2.66. The second-order valence-electron chi connectivity index (χ2n) is 5.26. The molecule has 1 aromatic rings. The summed E-state index contributed by atoms with van der Waals surface area (Å²) in [7, 11) is 0. The van der Waals surface area contributed by atoms with Crippen molar-refractivity contribution in [1.82, 2.24) is 5.32 Å². The zero-order valence-electron chi connectivity index (χ0n) is 11.0. The minimum atomic E-state index is 0.621. The molecule has 0 radical (unpaired) electrons. The summed E-state index contributed by atoms with van der Waals surface area (Å²) < 4.78 is 0. The highest BCUT2D eigenvalue weighted by molar-refractivity contribution is 5.65. The first-order valence-corrected chi connectivity index (χ1v) is 6.65. The molecule has 1 N–H and O–H groups in total. The zero-order valence-corrected chi connectivity index (χ0v) is 11.0. The molecule has 2 unspecified atom stereocenters. The highest BCUT2D eigenvalue weighted by atomic mass is 14.9. The molecule has 1 nitrogen and oxygen atoms in total. The van der Waals surface area contributed by atoms with Gasteiger partial charge in [0, 0.05) is 0 Å². The van der Waals surface area contributed by atoms with E-state index in [4.69, 9.17) is 0 Å². The Kier molecular flexibility index (Phi) is 4.01. The largest absolute Gasteiger partial charge is 0.316 e. The predicted molar refractivity (Wildman–Crippen MR) is 75.2 cm³/mol. The summed E-state index contributed by atoms with van der Waals surface area (Å²) in [5.74, 6) is 1.39. The minimum absolute atomic E-state index is 0.621. The van der Waals surface area contributed by atoms with Crippen LogP contribution in [0.4, 0.5) is 0 Å². The molecule has 2 rings (SSSR count). The van der Waals surface area contributed by atoms with Crippen molar-refractivity contribution in [1.29, 1.82) is 0 Å². The van der Waals surface area contributed by atoms with E-state index in [-0.39, 0.29) is 0 Å².